The molecule has 0 bridgehead atoms. The summed E-state index contributed by atoms with van der Waals surface area (Å²) in [5.41, 5.74) is 1.80. The number of piperidine rings is 2. The second-order valence-electron chi connectivity index (χ2n) is 15.8. The molecule has 4 aromatic carbocycles. The van der Waals surface area contributed by atoms with Crippen LogP contribution in [0.3, 0.4) is 0 Å². The van der Waals surface area contributed by atoms with E-state index in [4.69, 9.17) is 9.47 Å². The van der Waals surface area contributed by atoms with Crippen molar-refractivity contribution < 1.29 is 14.3 Å². The minimum atomic E-state index is -0.146. The summed E-state index contributed by atoms with van der Waals surface area (Å²) in [6.07, 6.45) is 14.6. The molecular formula is C50H67N5O3S2. The molecule has 8 nitrogen and oxygen atoms in total. The van der Waals surface area contributed by atoms with Gasteiger partial charge in [0.05, 0.1) is 20.3 Å². The van der Waals surface area contributed by atoms with Crippen molar-refractivity contribution in [2.45, 2.75) is 109 Å². The molecule has 4 aliphatic rings. The Balaban J connectivity index is 0.000000191. The summed E-state index contributed by atoms with van der Waals surface area (Å²) in [6, 6.07) is 36.1. The van der Waals surface area contributed by atoms with Gasteiger partial charge in [0.2, 0.25) is 0 Å². The molecule has 4 fully saturated rings. The predicted molar refractivity (Wildman–Crippen MR) is 249 cm³/mol. The van der Waals surface area contributed by atoms with E-state index in [1.54, 1.807) is 37.7 Å². The highest BCUT2D eigenvalue weighted by molar-refractivity contribution is 7.99. The number of nitrogens with zero attached hydrogens (tertiary/aromatic N) is 4. The van der Waals surface area contributed by atoms with E-state index in [1.807, 2.05) is 60.7 Å². The van der Waals surface area contributed by atoms with Gasteiger partial charge < -0.3 is 19.7 Å². The van der Waals surface area contributed by atoms with Crippen molar-refractivity contribution in [2.24, 2.45) is 0 Å². The van der Waals surface area contributed by atoms with Crippen LogP contribution in [-0.4, -0.2) is 99.6 Å². The molecule has 4 aromatic rings. The number of methoxy groups -OCH3 is 2. The summed E-state index contributed by atoms with van der Waals surface area (Å²) in [7, 11) is 3.34. The van der Waals surface area contributed by atoms with Crippen LogP contribution in [-0.2, 0) is 0 Å². The van der Waals surface area contributed by atoms with E-state index in [0.29, 0.717) is 11.6 Å². The topological polar surface area (TPSA) is 81.1 Å². The second-order valence-corrected chi connectivity index (χ2v) is 18.1. The number of nitrogens with one attached hydrogen (secondary N) is 1. The lowest BCUT2D eigenvalue weighted by molar-refractivity contribution is 0.0826. The van der Waals surface area contributed by atoms with E-state index in [-0.39, 0.29) is 13.5 Å². The van der Waals surface area contributed by atoms with Gasteiger partial charge in [-0.3, -0.25) is 14.6 Å². The highest BCUT2D eigenvalue weighted by atomic mass is 32.2. The molecule has 1 atom stereocenters. The van der Waals surface area contributed by atoms with Gasteiger partial charge in [-0.05, 0) is 130 Å². The van der Waals surface area contributed by atoms with Crippen molar-refractivity contribution >= 4 is 29.8 Å². The summed E-state index contributed by atoms with van der Waals surface area (Å²) in [6.45, 7) is 9.53. The number of nitriles is 1. The largest absolute Gasteiger partial charge is 0.497 e. The van der Waals surface area contributed by atoms with E-state index in [1.165, 1.54) is 113 Å². The van der Waals surface area contributed by atoms with Crippen molar-refractivity contribution in [1.82, 2.24) is 20.0 Å². The standard InChI is InChI=1S/C25H31N3OS.C14H12O2S.C10H20N2.CH4/c1-29-22-7-11-24(12-8-22)30-23-9-5-20(6-10-23)25(19-26)28-17-13-21(14-18-28)27-15-3-2-4-16-27;1-16-12-4-8-14(9-5-12)17-13-6-2-11(10-15)3-7-13;1-2-4-10(5-3-1)12-8-6-11-7-9-12;/h5-12,21,25H,2-4,13-18H2,1H3;2-10H,1H3;10-11H,1-9H2;1H4. The molecule has 1 saturated carbocycles. The van der Waals surface area contributed by atoms with Crippen LogP contribution in [0.5, 0.6) is 11.5 Å². The quantitative estimate of drug-likeness (QED) is 0.147. The summed E-state index contributed by atoms with van der Waals surface area (Å²) in [5, 5.41) is 13.3. The van der Waals surface area contributed by atoms with Gasteiger partial charge in [-0.1, -0.05) is 80.9 Å². The van der Waals surface area contributed by atoms with E-state index in [0.717, 1.165) is 52.3 Å². The van der Waals surface area contributed by atoms with Gasteiger partial charge in [-0.15, -0.1) is 0 Å². The second kappa shape index (κ2) is 25.8. The predicted octanol–water partition coefficient (Wildman–Crippen LogP) is 10.9. The Hall–Kier alpha value is -3.82. The van der Waals surface area contributed by atoms with Gasteiger partial charge in [0.15, 0.2) is 0 Å². The van der Waals surface area contributed by atoms with Crippen LogP contribution in [0.2, 0.25) is 0 Å². The number of ether oxygens (including phenoxy) is 2. The normalized spacial score (nSPS) is 18.6. The lowest BCUT2D eigenvalue weighted by atomic mass is 9.94. The summed E-state index contributed by atoms with van der Waals surface area (Å²) < 4.78 is 10.3. The van der Waals surface area contributed by atoms with E-state index in [2.05, 4.69) is 62.5 Å². The Labute approximate surface area is 369 Å². The van der Waals surface area contributed by atoms with Crippen LogP contribution >= 0.6 is 23.5 Å². The summed E-state index contributed by atoms with van der Waals surface area (Å²) in [4.78, 5) is 22.9. The average Bonchev–Trinajstić information content (AvgIpc) is 3.32. The van der Waals surface area contributed by atoms with Gasteiger partial charge in [0, 0.05) is 76.5 Å². The molecule has 8 rings (SSSR count). The Kier molecular flexibility index (Phi) is 20.3. The highest BCUT2D eigenvalue weighted by Gasteiger charge is 2.29. The van der Waals surface area contributed by atoms with Gasteiger partial charge in [0.1, 0.15) is 23.8 Å². The van der Waals surface area contributed by atoms with Crippen LogP contribution in [0.15, 0.2) is 117 Å². The number of carbonyl (C=O) groups excluding carboxylic acids is 1. The van der Waals surface area contributed by atoms with Crippen molar-refractivity contribution in [1.29, 1.82) is 5.26 Å². The zero-order valence-electron chi connectivity index (χ0n) is 35.1. The van der Waals surface area contributed by atoms with Crippen molar-refractivity contribution in [3.63, 3.8) is 0 Å². The maximum absolute atomic E-state index is 10.5. The number of aldehydes is 1. The zero-order valence-corrected chi connectivity index (χ0v) is 36.7. The maximum Gasteiger partial charge on any atom is 0.150 e. The van der Waals surface area contributed by atoms with Crippen molar-refractivity contribution in [2.75, 3.05) is 66.6 Å². The first kappa shape index (κ1) is 47.2. The third kappa shape index (κ3) is 14.7. The third-order valence-corrected chi connectivity index (χ3v) is 14.0. The molecule has 1 N–H and O–H groups in total. The molecule has 3 saturated heterocycles. The Morgan fingerprint density at radius 3 is 1.50 bits per heavy atom. The van der Waals surface area contributed by atoms with Crippen LogP contribution in [0.1, 0.15) is 93.6 Å². The molecule has 3 heterocycles. The first-order valence-corrected chi connectivity index (χ1v) is 23.3. The fourth-order valence-corrected chi connectivity index (χ4v) is 10.2. The van der Waals surface area contributed by atoms with Crippen LogP contribution in [0.25, 0.3) is 0 Å². The Morgan fingerprint density at radius 1 is 0.600 bits per heavy atom. The Morgan fingerprint density at radius 2 is 1.03 bits per heavy atom. The van der Waals surface area contributed by atoms with Gasteiger partial charge in [0.25, 0.3) is 0 Å². The SMILES string of the molecule is C.C1CCC(N2CCNCC2)CC1.COc1ccc(Sc2ccc(C(C#N)N3CCC(N4CCCCC4)CC3)cc2)cc1.COc1ccc(Sc2ccc(C=O)cc2)cc1. The fraction of sp³-hybridized carbons (Fsp3) is 0.480. The number of hydrogen-bond acceptors (Lipinski definition) is 10. The van der Waals surface area contributed by atoms with E-state index >= 15 is 0 Å². The number of benzene rings is 4. The zero-order chi connectivity index (χ0) is 41.1. The van der Waals surface area contributed by atoms with E-state index < -0.39 is 0 Å². The molecule has 322 valence electrons. The molecule has 10 heteroatoms. The molecule has 0 radical (unpaired) electrons. The number of piperazine rings is 1. The minimum absolute atomic E-state index is 0. The smallest absolute Gasteiger partial charge is 0.150 e. The van der Waals surface area contributed by atoms with Crippen LogP contribution in [0, 0.1) is 11.3 Å². The van der Waals surface area contributed by atoms with Gasteiger partial charge >= 0.3 is 0 Å². The molecule has 3 aliphatic heterocycles. The van der Waals surface area contributed by atoms with E-state index in [9.17, 15) is 10.1 Å². The third-order valence-electron chi connectivity index (χ3n) is 11.9. The molecule has 60 heavy (non-hydrogen) atoms. The molecule has 0 amide bonds. The van der Waals surface area contributed by atoms with Gasteiger partial charge in [-0.25, -0.2) is 0 Å². The van der Waals surface area contributed by atoms with Crippen LogP contribution < -0.4 is 14.8 Å². The molecule has 0 spiro atoms. The minimum Gasteiger partial charge on any atom is -0.497 e. The first-order chi connectivity index (χ1) is 29.0. The fourth-order valence-electron chi connectivity index (χ4n) is 8.55. The number of likely N-dealkylation sites (tertiary alicyclic amines) is 2. The molecule has 1 aliphatic carbocycles. The average molecular weight is 850 g/mol. The molecular weight excluding hydrogens is 783 g/mol. The van der Waals surface area contributed by atoms with Crippen LogP contribution in [0.4, 0.5) is 0 Å². The van der Waals surface area contributed by atoms with Gasteiger partial charge in [-0.2, -0.15) is 5.26 Å². The number of rotatable bonds is 11. The first-order valence-electron chi connectivity index (χ1n) is 21.7. The Bertz CT molecular complexity index is 1810. The van der Waals surface area contributed by atoms with Crippen molar-refractivity contribution in [3.8, 4) is 17.6 Å². The number of carbonyl (C=O) groups is 1. The van der Waals surface area contributed by atoms with Crippen molar-refractivity contribution in [3.05, 3.63) is 108 Å². The maximum atomic E-state index is 10.5. The highest BCUT2D eigenvalue weighted by Crippen LogP contribution is 2.33. The lowest BCUT2D eigenvalue weighted by Crippen LogP contribution is -2.48. The number of hydrogen-bond donors (Lipinski definition) is 1. The summed E-state index contributed by atoms with van der Waals surface area (Å²) >= 11 is 3.38. The molecule has 1 unspecified atom stereocenters. The molecule has 0 aromatic heterocycles. The monoisotopic (exact) mass is 849 g/mol. The lowest BCUT2D eigenvalue weighted by Gasteiger charge is -2.41. The summed E-state index contributed by atoms with van der Waals surface area (Å²) in [5.74, 6) is 1.72.